The van der Waals surface area contributed by atoms with Crippen LogP contribution in [0.2, 0.25) is 0 Å². The molecule has 0 saturated heterocycles. The van der Waals surface area contributed by atoms with Gasteiger partial charge in [0.1, 0.15) is 5.82 Å². The van der Waals surface area contributed by atoms with E-state index in [-0.39, 0.29) is 0 Å². The van der Waals surface area contributed by atoms with Gasteiger partial charge < -0.3 is 5.73 Å². The molecule has 1 fully saturated rings. The summed E-state index contributed by atoms with van der Waals surface area (Å²) in [5, 5.41) is 2.28. The van der Waals surface area contributed by atoms with Gasteiger partial charge >= 0.3 is 0 Å². The quantitative estimate of drug-likeness (QED) is 0.653. The van der Waals surface area contributed by atoms with Crippen molar-refractivity contribution in [2.24, 2.45) is 0 Å². The van der Waals surface area contributed by atoms with Crippen LogP contribution in [0.15, 0.2) is 54.7 Å². The molecular weight excluding hydrogens is 304 g/mol. The third-order valence-corrected chi connectivity index (χ3v) is 6.61. The summed E-state index contributed by atoms with van der Waals surface area (Å²) in [5.41, 5.74) is 11.1. The molecule has 1 saturated carbocycles. The minimum Gasteiger partial charge on any atom is -0.383 e. The highest BCUT2D eigenvalue weighted by molar-refractivity contribution is 5.91. The second-order valence-corrected chi connectivity index (χ2v) is 7.81. The number of hydrogen-bond donors (Lipinski definition) is 1. The lowest BCUT2D eigenvalue weighted by atomic mass is 9.63. The first-order valence-corrected chi connectivity index (χ1v) is 9.50. The van der Waals surface area contributed by atoms with E-state index in [0.29, 0.717) is 17.2 Å². The van der Waals surface area contributed by atoms with Crippen LogP contribution in [0, 0.1) is 0 Å². The fraction of sp³-hybridized carbons (Fsp3) is 0.348. The van der Waals surface area contributed by atoms with Crippen molar-refractivity contribution < 1.29 is 0 Å². The van der Waals surface area contributed by atoms with Gasteiger partial charge in [0.25, 0.3) is 0 Å². The van der Waals surface area contributed by atoms with E-state index >= 15 is 0 Å². The Kier molecular flexibility index (Phi) is 3.34. The number of pyridine rings is 1. The Morgan fingerprint density at radius 2 is 1.80 bits per heavy atom. The van der Waals surface area contributed by atoms with Gasteiger partial charge in [-0.2, -0.15) is 0 Å². The first kappa shape index (κ1) is 14.9. The van der Waals surface area contributed by atoms with Gasteiger partial charge in [-0.05, 0) is 59.4 Å². The molecule has 1 unspecified atom stereocenters. The summed E-state index contributed by atoms with van der Waals surface area (Å²) in [6.45, 7) is 0. The molecule has 1 heterocycles. The number of anilines is 1. The van der Waals surface area contributed by atoms with E-state index < -0.39 is 0 Å². The first-order chi connectivity index (χ1) is 12.3. The standard InChI is InChI=1S/C23H24N2/c24-22-19-14-18(9-8-16(19)10-13-25-22)21-15-17-6-2-3-7-20(17)23(21)11-4-1-5-12-23/h2-3,6-10,13-14,21H,1,4-5,11-12,15H2,(H2,24,25). The van der Waals surface area contributed by atoms with Crippen LogP contribution in [-0.2, 0) is 11.8 Å². The van der Waals surface area contributed by atoms with Gasteiger partial charge in [0.2, 0.25) is 0 Å². The van der Waals surface area contributed by atoms with Crippen LogP contribution in [0.3, 0.4) is 0 Å². The largest absolute Gasteiger partial charge is 0.383 e. The Morgan fingerprint density at radius 3 is 2.68 bits per heavy atom. The third kappa shape index (κ3) is 2.20. The van der Waals surface area contributed by atoms with Crippen LogP contribution < -0.4 is 5.73 Å². The molecule has 2 N–H and O–H groups in total. The van der Waals surface area contributed by atoms with E-state index in [2.05, 4.69) is 53.5 Å². The maximum atomic E-state index is 6.17. The zero-order chi connectivity index (χ0) is 16.9. The predicted molar refractivity (Wildman–Crippen MR) is 104 cm³/mol. The number of nitrogen functional groups attached to an aromatic ring is 1. The van der Waals surface area contributed by atoms with Crippen molar-refractivity contribution in [3.63, 3.8) is 0 Å². The lowest BCUT2D eigenvalue weighted by Gasteiger charge is -2.40. The summed E-state index contributed by atoms with van der Waals surface area (Å²) < 4.78 is 0. The van der Waals surface area contributed by atoms with Crippen LogP contribution in [0.1, 0.15) is 54.7 Å². The van der Waals surface area contributed by atoms with Crippen molar-refractivity contribution in [3.8, 4) is 0 Å². The average Bonchev–Trinajstić information content (AvgIpc) is 2.97. The molecule has 0 bridgehead atoms. The Hall–Kier alpha value is -2.35. The molecular formula is C23H24N2. The summed E-state index contributed by atoms with van der Waals surface area (Å²) in [6, 6.07) is 18.1. The number of hydrogen-bond acceptors (Lipinski definition) is 2. The molecule has 2 aliphatic carbocycles. The molecule has 3 aromatic rings. The number of benzene rings is 2. The molecule has 0 aliphatic heterocycles. The molecule has 2 heteroatoms. The summed E-state index contributed by atoms with van der Waals surface area (Å²) >= 11 is 0. The number of fused-ring (bicyclic) bond motifs is 3. The van der Waals surface area contributed by atoms with Gasteiger partial charge in [0, 0.05) is 17.0 Å². The second-order valence-electron chi connectivity index (χ2n) is 7.81. The number of nitrogens with two attached hydrogens (primary N) is 1. The Labute approximate surface area is 149 Å². The lowest BCUT2D eigenvalue weighted by molar-refractivity contribution is 0.259. The fourth-order valence-electron chi connectivity index (χ4n) is 5.45. The van der Waals surface area contributed by atoms with E-state index in [4.69, 9.17) is 5.73 Å². The zero-order valence-corrected chi connectivity index (χ0v) is 14.5. The van der Waals surface area contributed by atoms with Gasteiger partial charge in [0.15, 0.2) is 0 Å². The predicted octanol–water partition coefficient (Wildman–Crippen LogP) is 5.36. The molecule has 5 rings (SSSR count). The van der Waals surface area contributed by atoms with Crippen molar-refractivity contribution >= 4 is 16.6 Å². The molecule has 0 radical (unpaired) electrons. The minimum atomic E-state index is 0.319. The van der Waals surface area contributed by atoms with Crippen molar-refractivity contribution in [1.82, 2.24) is 4.98 Å². The number of aromatic nitrogens is 1. The van der Waals surface area contributed by atoms with Gasteiger partial charge in [-0.25, -0.2) is 4.98 Å². The van der Waals surface area contributed by atoms with Crippen molar-refractivity contribution in [3.05, 3.63) is 71.4 Å². The number of nitrogens with zero attached hydrogens (tertiary/aromatic N) is 1. The molecule has 1 aromatic heterocycles. The Morgan fingerprint density at radius 1 is 0.960 bits per heavy atom. The maximum Gasteiger partial charge on any atom is 0.131 e. The molecule has 0 amide bonds. The van der Waals surface area contributed by atoms with Crippen LogP contribution in [0.25, 0.3) is 10.8 Å². The van der Waals surface area contributed by atoms with E-state index in [9.17, 15) is 0 Å². The van der Waals surface area contributed by atoms with E-state index in [1.165, 1.54) is 43.1 Å². The highest BCUT2D eigenvalue weighted by atomic mass is 14.8. The highest BCUT2D eigenvalue weighted by Gasteiger charge is 2.47. The van der Waals surface area contributed by atoms with E-state index in [1.807, 2.05) is 0 Å². The lowest BCUT2D eigenvalue weighted by Crippen LogP contribution is -2.32. The normalized spacial score (nSPS) is 21.5. The van der Waals surface area contributed by atoms with Gasteiger partial charge in [0.05, 0.1) is 0 Å². The third-order valence-electron chi connectivity index (χ3n) is 6.61. The van der Waals surface area contributed by atoms with E-state index in [0.717, 1.165) is 11.8 Å². The van der Waals surface area contributed by atoms with Gasteiger partial charge in [-0.15, -0.1) is 0 Å². The summed E-state index contributed by atoms with van der Waals surface area (Å²) in [6.07, 6.45) is 9.66. The number of rotatable bonds is 1. The Bertz CT molecular complexity index is 938. The summed E-state index contributed by atoms with van der Waals surface area (Å²) in [4.78, 5) is 4.30. The van der Waals surface area contributed by atoms with Gasteiger partial charge in [-0.1, -0.05) is 55.7 Å². The van der Waals surface area contributed by atoms with Crippen LogP contribution >= 0.6 is 0 Å². The summed E-state index contributed by atoms with van der Waals surface area (Å²) in [7, 11) is 0. The van der Waals surface area contributed by atoms with Crippen LogP contribution in [0.5, 0.6) is 0 Å². The van der Waals surface area contributed by atoms with Crippen molar-refractivity contribution in [1.29, 1.82) is 0 Å². The molecule has 1 spiro atoms. The molecule has 2 aromatic carbocycles. The molecule has 1 atom stereocenters. The highest BCUT2D eigenvalue weighted by Crippen LogP contribution is 2.56. The fourth-order valence-corrected chi connectivity index (χ4v) is 5.45. The Balaban J connectivity index is 1.67. The summed E-state index contributed by atoms with van der Waals surface area (Å²) in [5.74, 6) is 1.21. The molecule has 25 heavy (non-hydrogen) atoms. The van der Waals surface area contributed by atoms with Crippen molar-refractivity contribution in [2.45, 2.75) is 49.9 Å². The minimum absolute atomic E-state index is 0.319. The second kappa shape index (κ2) is 5.59. The van der Waals surface area contributed by atoms with E-state index in [1.54, 1.807) is 17.3 Å². The zero-order valence-electron chi connectivity index (χ0n) is 14.5. The van der Waals surface area contributed by atoms with Crippen LogP contribution in [0.4, 0.5) is 5.82 Å². The van der Waals surface area contributed by atoms with Gasteiger partial charge in [-0.3, -0.25) is 0 Å². The SMILES string of the molecule is Nc1nccc2ccc(C3Cc4ccccc4C34CCCCC4)cc12. The average molecular weight is 328 g/mol. The van der Waals surface area contributed by atoms with Crippen molar-refractivity contribution in [2.75, 3.05) is 5.73 Å². The molecule has 2 nitrogen and oxygen atoms in total. The monoisotopic (exact) mass is 328 g/mol. The topological polar surface area (TPSA) is 38.9 Å². The molecule has 126 valence electrons. The van der Waals surface area contributed by atoms with Crippen LogP contribution in [-0.4, -0.2) is 4.98 Å². The molecule has 2 aliphatic rings. The first-order valence-electron chi connectivity index (χ1n) is 9.50. The maximum absolute atomic E-state index is 6.17. The smallest absolute Gasteiger partial charge is 0.131 e.